The molecule has 8 nitrogen and oxygen atoms in total. The van der Waals surface area contributed by atoms with E-state index in [9.17, 15) is 4.79 Å². The molecular formula is C23H23N5O3. The van der Waals surface area contributed by atoms with Gasteiger partial charge in [-0.3, -0.25) is 4.79 Å². The van der Waals surface area contributed by atoms with Crippen LogP contribution in [0, 0.1) is 0 Å². The molecule has 0 radical (unpaired) electrons. The van der Waals surface area contributed by atoms with Crippen molar-refractivity contribution in [2.75, 3.05) is 12.5 Å². The molecular weight excluding hydrogens is 394 g/mol. The molecule has 0 bridgehead atoms. The molecule has 4 aromatic rings. The second kappa shape index (κ2) is 7.79. The van der Waals surface area contributed by atoms with Gasteiger partial charge >= 0.3 is 0 Å². The maximum absolute atomic E-state index is 12.8. The number of carbonyl (C=O) groups is 1. The first kappa shape index (κ1) is 19.2. The summed E-state index contributed by atoms with van der Waals surface area (Å²) in [4.78, 5) is 21.8. The van der Waals surface area contributed by atoms with E-state index in [4.69, 9.17) is 15.2 Å². The number of aromatic nitrogens is 3. The highest BCUT2D eigenvalue weighted by Crippen LogP contribution is 2.33. The van der Waals surface area contributed by atoms with Gasteiger partial charge in [-0.1, -0.05) is 37.6 Å². The first-order chi connectivity index (χ1) is 15.2. The van der Waals surface area contributed by atoms with E-state index >= 15 is 0 Å². The smallest absolute Gasteiger partial charge is 0.289 e. The normalized spacial score (nSPS) is 12.5. The summed E-state index contributed by atoms with van der Waals surface area (Å²) in [6.45, 7) is 3.47. The largest absolute Gasteiger partial charge is 0.454 e. The van der Waals surface area contributed by atoms with Gasteiger partial charge in [-0.25, -0.2) is 9.97 Å². The molecule has 158 valence electrons. The number of para-hydroxylation sites is 1. The molecule has 0 unspecified atom stereocenters. The number of nitrogens with zero attached hydrogens (tertiary/aromatic N) is 3. The summed E-state index contributed by atoms with van der Waals surface area (Å²) in [5, 5.41) is 4.66. The first-order valence-electron chi connectivity index (χ1n) is 10.4. The minimum absolute atomic E-state index is 0.0614. The van der Waals surface area contributed by atoms with Gasteiger partial charge in [0, 0.05) is 18.5 Å². The number of fused-ring (bicyclic) bond motifs is 4. The van der Waals surface area contributed by atoms with E-state index in [-0.39, 0.29) is 18.5 Å². The number of nitrogens with one attached hydrogen (secondary N) is 1. The highest BCUT2D eigenvalue weighted by atomic mass is 16.7. The zero-order chi connectivity index (χ0) is 21.4. The molecule has 5 rings (SSSR count). The van der Waals surface area contributed by atoms with E-state index < -0.39 is 0 Å². The van der Waals surface area contributed by atoms with Crippen LogP contribution in [-0.4, -0.2) is 27.2 Å². The maximum Gasteiger partial charge on any atom is 0.289 e. The number of benzene rings is 2. The number of hydrogen-bond acceptors (Lipinski definition) is 6. The Morgan fingerprint density at radius 2 is 2.00 bits per heavy atom. The third-order valence-electron chi connectivity index (χ3n) is 5.47. The van der Waals surface area contributed by atoms with E-state index in [0.717, 1.165) is 41.2 Å². The second-order valence-corrected chi connectivity index (χ2v) is 7.52. The molecule has 2 aromatic carbocycles. The number of ether oxygens (including phenoxy) is 2. The number of nitrogen functional groups attached to an aromatic ring is 1. The Morgan fingerprint density at radius 3 is 2.87 bits per heavy atom. The van der Waals surface area contributed by atoms with E-state index in [0.29, 0.717) is 29.5 Å². The van der Waals surface area contributed by atoms with Gasteiger partial charge in [0.15, 0.2) is 11.5 Å². The number of aryl methyl sites for hydroxylation is 1. The second-order valence-electron chi connectivity index (χ2n) is 7.52. The van der Waals surface area contributed by atoms with Crippen molar-refractivity contribution in [2.45, 2.75) is 32.9 Å². The zero-order valence-corrected chi connectivity index (χ0v) is 17.2. The minimum Gasteiger partial charge on any atom is -0.454 e. The van der Waals surface area contributed by atoms with Gasteiger partial charge in [-0.05, 0) is 30.2 Å². The van der Waals surface area contributed by atoms with Crippen molar-refractivity contribution < 1.29 is 14.3 Å². The number of rotatable bonds is 6. The van der Waals surface area contributed by atoms with Crippen LogP contribution in [0.25, 0.3) is 21.9 Å². The summed E-state index contributed by atoms with van der Waals surface area (Å²) in [6.07, 6.45) is 2.06. The van der Waals surface area contributed by atoms with E-state index in [1.54, 1.807) is 0 Å². The Morgan fingerprint density at radius 1 is 1.16 bits per heavy atom. The molecule has 0 fully saturated rings. The van der Waals surface area contributed by atoms with Crippen molar-refractivity contribution >= 4 is 33.7 Å². The number of unbranched alkanes of at least 4 members (excludes halogenated alkanes) is 1. The molecule has 0 saturated carbocycles. The highest BCUT2D eigenvalue weighted by molar-refractivity contribution is 6.12. The Balaban J connectivity index is 1.46. The molecule has 3 N–H and O–H groups in total. The summed E-state index contributed by atoms with van der Waals surface area (Å²) >= 11 is 0. The summed E-state index contributed by atoms with van der Waals surface area (Å²) in [5.41, 5.74) is 8.93. The van der Waals surface area contributed by atoms with Crippen molar-refractivity contribution in [3.63, 3.8) is 0 Å². The maximum atomic E-state index is 12.8. The topological polar surface area (TPSA) is 104 Å². The quantitative estimate of drug-likeness (QED) is 0.496. The van der Waals surface area contributed by atoms with Gasteiger partial charge in [-0.15, -0.1) is 0 Å². The van der Waals surface area contributed by atoms with Gasteiger partial charge < -0.3 is 25.1 Å². The fraction of sp³-hybridized carbons (Fsp3) is 0.261. The Bertz CT molecular complexity index is 1300. The van der Waals surface area contributed by atoms with Crippen molar-refractivity contribution in [3.05, 3.63) is 53.9 Å². The highest BCUT2D eigenvalue weighted by Gasteiger charge is 2.20. The standard InChI is InChI=1S/C23H23N5O3/c1-2-3-10-28-16-7-5-4-6-15(16)19-20(24)26-21(27-22(19)28)23(29)25-12-14-8-9-17-18(11-14)31-13-30-17/h4-9,11H,2-3,10,12-13H2,1H3,(H,25,29)(H2,24,26,27). The molecule has 0 saturated heterocycles. The lowest BCUT2D eigenvalue weighted by Crippen LogP contribution is -2.25. The van der Waals surface area contributed by atoms with Crippen LogP contribution in [0.3, 0.4) is 0 Å². The van der Waals surface area contributed by atoms with Gasteiger partial charge in [0.2, 0.25) is 12.6 Å². The minimum atomic E-state index is -0.376. The van der Waals surface area contributed by atoms with Crippen molar-refractivity contribution in [1.29, 1.82) is 0 Å². The molecule has 0 aliphatic carbocycles. The SMILES string of the molecule is CCCCn1c2ccccc2c2c(N)nc(C(=O)NCc3ccc4c(c3)OCO4)nc21. The van der Waals surface area contributed by atoms with Crippen molar-refractivity contribution in [2.24, 2.45) is 0 Å². The zero-order valence-electron chi connectivity index (χ0n) is 17.2. The summed E-state index contributed by atoms with van der Waals surface area (Å²) in [6, 6.07) is 13.6. The number of nitrogens with two attached hydrogens (primary N) is 1. The average Bonchev–Trinajstić information content (AvgIpc) is 3.38. The van der Waals surface area contributed by atoms with Gasteiger partial charge in [0.05, 0.1) is 10.9 Å². The van der Waals surface area contributed by atoms with Gasteiger partial charge in [0.1, 0.15) is 11.5 Å². The van der Waals surface area contributed by atoms with E-state index in [1.165, 1.54) is 0 Å². The molecule has 31 heavy (non-hydrogen) atoms. The Kier molecular flexibility index (Phi) is 4.82. The fourth-order valence-corrected chi connectivity index (χ4v) is 3.91. The predicted octanol–water partition coefficient (Wildman–Crippen LogP) is 3.63. The van der Waals surface area contributed by atoms with Crippen LogP contribution in [0.15, 0.2) is 42.5 Å². The van der Waals surface area contributed by atoms with Gasteiger partial charge in [0.25, 0.3) is 5.91 Å². The van der Waals surface area contributed by atoms with Gasteiger partial charge in [-0.2, -0.15) is 0 Å². The molecule has 0 spiro atoms. The number of anilines is 1. The molecule has 0 atom stereocenters. The van der Waals surface area contributed by atoms with Crippen LogP contribution in [0.5, 0.6) is 11.5 Å². The molecule has 2 aromatic heterocycles. The molecule has 1 aliphatic heterocycles. The van der Waals surface area contributed by atoms with E-state index in [1.807, 2.05) is 42.5 Å². The summed E-state index contributed by atoms with van der Waals surface area (Å²) in [7, 11) is 0. The van der Waals surface area contributed by atoms with Crippen LogP contribution in [0.2, 0.25) is 0 Å². The van der Waals surface area contributed by atoms with Crippen LogP contribution in [0.1, 0.15) is 35.9 Å². The number of hydrogen-bond donors (Lipinski definition) is 2. The Labute approximate surface area is 179 Å². The van der Waals surface area contributed by atoms with Crippen LogP contribution in [0.4, 0.5) is 5.82 Å². The lowest BCUT2D eigenvalue weighted by atomic mass is 10.2. The average molecular weight is 417 g/mol. The lowest BCUT2D eigenvalue weighted by molar-refractivity contribution is 0.0941. The molecule has 1 amide bonds. The monoisotopic (exact) mass is 417 g/mol. The van der Waals surface area contributed by atoms with E-state index in [2.05, 4.69) is 26.8 Å². The van der Waals surface area contributed by atoms with Crippen LogP contribution < -0.4 is 20.5 Å². The summed E-state index contributed by atoms with van der Waals surface area (Å²) in [5.74, 6) is 1.38. The third-order valence-corrected chi connectivity index (χ3v) is 5.47. The first-order valence-corrected chi connectivity index (χ1v) is 10.4. The molecule has 8 heteroatoms. The number of amides is 1. The van der Waals surface area contributed by atoms with Crippen molar-refractivity contribution in [1.82, 2.24) is 19.9 Å². The van der Waals surface area contributed by atoms with Crippen LogP contribution >= 0.6 is 0 Å². The Hall–Kier alpha value is -3.81. The molecule has 1 aliphatic rings. The molecule has 3 heterocycles. The fourth-order valence-electron chi connectivity index (χ4n) is 3.91. The third kappa shape index (κ3) is 3.39. The van der Waals surface area contributed by atoms with Crippen molar-refractivity contribution in [3.8, 4) is 11.5 Å². The summed E-state index contributed by atoms with van der Waals surface area (Å²) < 4.78 is 12.8. The predicted molar refractivity (Wildman–Crippen MR) is 118 cm³/mol. The number of carbonyl (C=O) groups excluding carboxylic acids is 1. The van der Waals surface area contributed by atoms with Crippen LogP contribution in [-0.2, 0) is 13.1 Å². The lowest BCUT2D eigenvalue weighted by Gasteiger charge is -2.08.